The molecular weight excluding hydrogens is 817 g/mol. The fourth-order valence-electron chi connectivity index (χ4n) is 7.41. The van der Waals surface area contributed by atoms with Gasteiger partial charge in [-0.1, -0.05) is 66.7 Å². The second kappa shape index (κ2) is 22.2. The highest BCUT2D eigenvalue weighted by Gasteiger charge is 2.32. The van der Waals surface area contributed by atoms with E-state index in [1.165, 1.54) is 13.3 Å². The van der Waals surface area contributed by atoms with Crippen LogP contribution in [0.4, 0.5) is 0 Å². The number of hydrogen-bond donors (Lipinski definition) is 11. The van der Waals surface area contributed by atoms with E-state index in [1.807, 2.05) is 66.7 Å². The lowest BCUT2D eigenvalue weighted by molar-refractivity contribution is -0.134. The van der Waals surface area contributed by atoms with Crippen LogP contribution in [0.2, 0.25) is 0 Å². The summed E-state index contributed by atoms with van der Waals surface area (Å²) in [5, 5.41) is 15.5. The van der Waals surface area contributed by atoms with Gasteiger partial charge in [-0.15, -0.1) is 0 Å². The SMILES string of the molecule is C[C@H](NC(=O)[C@@H](Cc1cc2ccccc2[nH]1)NC(=O)C(N)Cc1cnc[nH]1)C(=O)N[C@@H](Cc1cc2ccccc2[nH]1)C(=O)N[C@H](Cc1ccccc1)C(=O)N[C@@H](CCCCN)C(N)=O. The fraction of sp³-hybridized carbons (Fsp3) is 0.326. The highest BCUT2D eigenvalue weighted by molar-refractivity contribution is 5.97. The first kappa shape index (κ1) is 46.2. The summed E-state index contributed by atoms with van der Waals surface area (Å²) in [6, 6.07) is 21.0. The zero-order valence-corrected chi connectivity index (χ0v) is 35.6. The molecule has 6 aromatic rings. The number of rotatable bonds is 23. The summed E-state index contributed by atoms with van der Waals surface area (Å²) in [6.07, 6.45) is 4.66. The van der Waals surface area contributed by atoms with E-state index in [0.29, 0.717) is 36.5 Å². The van der Waals surface area contributed by atoms with Crippen molar-refractivity contribution in [1.82, 2.24) is 46.5 Å². The molecule has 0 radical (unpaired) electrons. The van der Waals surface area contributed by atoms with Crippen molar-refractivity contribution in [2.24, 2.45) is 17.2 Å². The Balaban J connectivity index is 1.21. The number of primary amides is 1. The molecule has 0 spiro atoms. The van der Waals surface area contributed by atoms with Gasteiger partial charge in [-0.25, -0.2) is 4.98 Å². The predicted octanol–water partition coefficient (Wildman–Crippen LogP) is 1.03. The van der Waals surface area contributed by atoms with Gasteiger partial charge in [0.2, 0.25) is 35.4 Å². The number of nitrogens with zero attached hydrogens (tertiary/aromatic N) is 1. The Hall–Kier alpha value is -7.31. The van der Waals surface area contributed by atoms with Gasteiger partial charge in [-0.3, -0.25) is 28.8 Å². The Morgan fingerprint density at radius 3 is 1.66 bits per heavy atom. The number of imidazole rings is 1. The van der Waals surface area contributed by atoms with Crippen LogP contribution in [0.25, 0.3) is 21.8 Å². The minimum absolute atomic E-state index is 0.0249. The molecule has 64 heavy (non-hydrogen) atoms. The Kier molecular flexibility index (Phi) is 16.0. The second-order valence-corrected chi connectivity index (χ2v) is 15.9. The molecule has 14 N–H and O–H groups in total. The molecule has 336 valence electrons. The molecule has 3 aromatic heterocycles. The van der Waals surface area contributed by atoms with E-state index in [4.69, 9.17) is 17.2 Å². The lowest BCUT2D eigenvalue weighted by Gasteiger charge is -2.26. The number of carbonyl (C=O) groups is 6. The van der Waals surface area contributed by atoms with Crippen molar-refractivity contribution >= 4 is 57.2 Å². The van der Waals surface area contributed by atoms with Gasteiger partial charge in [-0.2, -0.15) is 0 Å². The summed E-state index contributed by atoms with van der Waals surface area (Å²) >= 11 is 0. The number of carbonyl (C=O) groups excluding carboxylic acids is 6. The first-order valence-corrected chi connectivity index (χ1v) is 21.3. The summed E-state index contributed by atoms with van der Waals surface area (Å²) < 4.78 is 0. The van der Waals surface area contributed by atoms with Gasteiger partial charge in [0.25, 0.3) is 0 Å². The molecule has 3 aromatic carbocycles. The van der Waals surface area contributed by atoms with E-state index < -0.39 is 71.7 Å². The molecule has 0 bridgehead atoms. The van der Waals surface area contributed by atoms with Crippen molar-refractivity contribution in [3.05, 3.63) is 126 Å². The maximum absolute atomic E-state index is 14.4. The number of amides is 6. The number of fused-ring (bicyclic) bond motifs is 2. The van der Waals surface area contributed by atoms with Crippen LogP contribution in [0.1, 0.15) is 48.8 Å². The zero-order chi connectivity index (χ0) is 45.6. The fourth-order valence-corrected chi connectivity index (χ4v) is 7.41. The Morgan fingerprint density at radius 2 is 1.11 bits per heavy atom. The van der Waals surface area contributed by atoms with Gasteiger partial charge >= 0.3 is 0 Å². The van der Waals surface area contributed by atoms with Crippen molar-refractivity contribution in [2.75, 3.05) is 6.54 Å². The minimum atomic E-state index is -1.26. The first-order chi connectivity index (χ1) is 30.9. The van der Waals surface area contributed by atoms with Gasteiger partial charge < -0.3 is 58.7 Å². The monoisotopic (exact) mass is 872 g/mol. The number of benzene rings is 3. The highest BCUT2D eigenvalue weighted by Crippen LogP contribution is 2.18. The third-order valence-corrected chi connectivity index (χ3v) is 10.9. The number of nitrogens with two attached hydrogens (primary N) is 3. The number of para-hydroxylation sites is 2. The molecule has 0 saturated carbocycles. The number of aromatic nitrogens is 4. The third-order valence-electron chi connectivity index (χ3n) is 10.9. The van der Waals surface area contributed by atoms with Gasteiger partial charge in [0.05, 0.1) is 12.4 Å². The van der Waals surface area contributed by atoms with Crippen LogP contribution in [0.5, 0.6) is 0 Å². The zero-order valence-electron chi connectivity index (χ0n) is 35.6. The molecule has 18 nitrogen and oxygen atoms in total. The summed E-state index contributed by atoms with van der Waals surface area (Å²) in [7, 11) is 0. The Morgan fingerprint density at radius 1 is 0.594 bits per heavy atom. The van der Waals surface area contributed by atoms with Gasteiger partial charge in [0, 0.05) is 60.0 Å². The summed E-state index contributed by atoms with van der Waals surface area (Å²) in [4.78, 5) is 95.5. The number of unbranched alkanes of at least 4 members (excludes halogenated alkanes) is 1. The highest BCUT2D eigenvalue weighted by atomic mass is 16.2. The largest absolute Gasteiger partial charge is 0.368 e. The van der Waals surface area contributed by atoms with Crippen LogP contribution in [0.3, 0.4) is 0 Å². The average molecular weight is 873 g/mol. The van der Waals surface area contributed by atoms with Crippen molar-refractivity contribution < 1.29 is 28.8 Å². The second-order valence-electron chi connectivity index (χ2n) is 15.9. The van der Waals surface area contributed by atoms with Crippen molar-refractivity contribution in [1.29, 1.82) is 0 Å². The average Bonchev–Trinajstić information content (AvgIpc) is 4.05. The quantitative estimate of drug-likeness (QED) is 0.0409. The molecular formula is C46H56N12O6. The normalized spacial score (nSPS) is 14.1. The minimum Gasteiger partial charge on any atom is -0.368 e. The lowest BCUT2D eigenvalue weighted by atomic mass is 10.0. The molecule has 0 aliphatic rings. The number of aromatic amines is 3. The number of H-pyrrole nitrogens is 3. The van der Waals surface area contributed by atoms with E-state index >= 15 is 0 Å². The van der Waals surface area contributed by atoms with Crippen molar-refractivity contribution in [3.63, 3.8) is 0 Å². The van der Waals surface area contributed by atoms with E-state index in [1.54, 1.807) is 30.5 Å². The van der Waals surface area contributed by atoms with Crippen LogP contribution < -0.4 is 43.8 Å². The third kappa shape index (κ3) is 12.9. The van der Waals surface area contributed by atoms with E-state index in [-0.39, 0.29) is 32.1 Å². The molecule has 1 unspecified atom stereocenters. The topological polar surface area (TPSA) is 301 Å². The Bertz CT molecular complexity index is 2450. The first-order valence-electron chi connectivity index (χ1n) is 21.3. The summed E-state index contributed by atoms with van der Waals surface area (Å²) in [5.41, 5.74) is 21.8. The summed E-state index contributed by atoms with van der Waals surface area (Å²) in [5.74, 6) is -4.04. The van der Waals surface area contributed by atoms with E-state index in [2.05, 4.69) is 46.5 Å². The molecule has 0 saturated heterocycles. The molecule has 6 amide bonds. The standard InChI is InChI=1S/C46H56N12O6/c1-27(52-44(62)39(23-31-20-29-13-5-7-15-35(29)53-31)57-43(61)34(48)22-33-25-50-26-51-33)42(60)56-40(24-32-21-30-14-6-8-16-36(30)54-32)46(64)58-38(19-28-11-3-2-4-12-28)45(63)55-37(41(49)59)17-9-10-18-47/h2-8,11-16,20-21,25-27,34,37-40,53-54H,9-10,17-19,22-24,47-48H2,1H3,(H2,49,59)(H,50,51)(H,52,62)(H,55,63)(H,56,60)(H,57,61)(H,58,64)/t27-,34?,37-,38+,39+,40-/m0/s1. The molecule has 18 heteroatoms. The number of nitrogens with one attached hydrogen (secondary N) is 8. The van der Waals surface area contributed by atoms with Crippen LogP contribution >= 0.6 is 0 Å². The van der Waals surface area contributed by atoms with Gasteiger partial charge in [-0.05, 0) is 73.3 Å². The number of hydrogen-bond acceptors (Lipinski definition) is 9. The molecule has 0 aliphatic heterocycles. The molecule has 0 aliphatic carbocycles. The molecule has 3 heterocycles. The lowest BCUT2D eigenvalue weighted by Crippen LogP contribution is -2.60. The predicted molar refractivity (Wildman–Crippen MR) is 242 cm³/mol. The van der Waals surface area contributed by atoms with Crippen molar-refractivity contribution in [2.45, 2.75) is 88.1 Å². The van der Waals surface area contributed by atoms with Crippen LogP contribution in [-0.4, -0.2) is 98.2 Å². The molecule has 0 fully saturated rings. The van der Waals surface area contributed by atoms with E-state index in [9.17, 15) is 28.8 Å². The van der Waals surface area contributed by atoms with Crippen LogP contribution in [0.15, 0.2) is 104 Å². The van der Waals surface area contributed by atoms with Crippen LogP contribution in [-0.2, 0) is 54.5 Å². The van der Waals surface area contributed by atoms with Gasteiger partial charge in [0.1, 0.15) is 30.2 Å². The maximum Gasteiger partial charge on any atom is 0.243 e. The summed E-state index contributed by atoms with van der Waals surface area (Å²) in [6.45, 7) is 1.86. The molecule has 6 atom stereocenters. The van der Waals surface area contributed by atoms with Crippen LogP contribution in [0, 0.1) is 0 Å². The van der Waals surface area contributed by atoms with Gasteiger partial charge in [0.15, 0.2) is 0 Å². The Labute approximate surface area is 369 Å². The molecule has 6 rings (SSSR count). The maximum atomic E-state index is 14.4. The van der Waals surface area contributed by atoms with Crippen molar-refractivity contribution in [3.8, 4) is 0 Å². The van der Waals surface area contributed by atoms with E-state index in [0.717, 1.165) is 27.4 Å². The smallest absolute Gasteiger partial charge is 0.243 e.